The fraction of sp³-hybridized carbons (Fsp3) is 0.100. The number of dihydropyridines is 1. The first kappa shape index (κ1) is 14.9. The fourth-order valence-corrected chi connectivity index (χ4v) is 3.91. The predicted octanol–water partition coefficient (Wildman–Crippen LogP) is 4.54. The van der Waals surface area contributed by atoms with Crippen molar-refractivity contribution in [2.75, 3.05) is 0 Å². The first-order valence-corrected chi connectivity index (χ1v) is 8.42. The van der Waals surface area contributed by atoms with Crippen LogP contribution < -0.4 is 5.32 Å². The van der Waals surface area contributed by atoms with Crippen LogP contribution in [0.1, 0.15) is 34.3 Å². The summed E-state index contributed by atoms with van der Waals surface area (Å²) in [6, 6.07) is 17.7. The number of ketones is 1. The van der Waals surface area contributed by atoms with Crippen molar-refractivity contribution < 1.29 is 4.79 Å². The number of Topliss-reactive ketones (excluding diaryl/α,β-unsaturated/α-hetero) is 1. The van der Waals surface area contributed by atoms with Crippen LogP contribution in [0.4, 0.5) is 0 Å². The molecule has 1 aliphatic heterocycles. The number of hydrogen-bond donors (Lipinski definition) is 1. The Morgan fingerprint density at radius 1 is 1.12 bits per heavy atom. The van der Waals surface area contributed by atoms with E-state index in [2.05, 4.69) is 27.3 Å². The summed E-state index contributed by atoms with van der Waals surface area (Å²) in [4.78, 5) is 13.0. The van der Waals surface area contributed by atoms with Gasteiger partial charge in [0.1, 0.15) is 0 Å². The summed E-state index contributed by atoms with van der Waals surface area (Å²) >= 11 is 3.49. The van der Waals surface area contributed by atoms with Crippen LogP contribution in [0.3, 0.4) is 0 Å². The fourth-order valence-electron chi connectivity index (χ4n) is 3.50. The molecule has 0 saturated heterocycles. The van der Waals surface area contributed by atoms with Crippen LogP contribution in [0.2, 0.25) is 0 Å². The maximum atomic E-state index is 13.0. The third-order valence-corrected chi connectivity index (χ3v) is 5.04. The Balaban J connectivity index is 1.97. The average Bonchev–Trinajstić information content (AvgIpc) is 2.86. The molecule has 0 radical (unpaired) electrons. The number of halogens is 1. The number of nitriles is 1. The Morgan fingerprint density at radius 3 is 2.58 bits per heavy atom. The molecule has 0 saturated carbocycles. The van der Waals surface area contributed by atoms with Gasteiger partial charge in [-0.05, 0) is 24.6 Å². The van der Waals surface area contributed by atoms with E-state index in [1.54, 1.807) is 0 Å². The van der Waals surface area contributed by atoms with Crippen molar-refractivity contribution >= 4 is 27.4 Å². The van der Waals surface area contributed by atoms with Gasteiger partial charge in [0.25, 0.3) is 0 Å². The summed E-state index contributed by atoms with van der Waals surface area (Å²) in [5.41, 5.74) is 5.43. The van der Waals surface area contributed by atoms with Crippen molar-refractivity contribution in [1.29, 1.82) is 5.26 Å². The van der Waals surface area contributed by atoms with Crippen LogP contribution in [-0.4, -0.2) is 5.78 Å². The molecule has 4 heteroatoms. The normalized spacial score (nSPS) is 18.9. The summed E-state index contributed by atoms with van der Waals surface area (Å²) in [7, 11) is 0. The number of hydrogen-bond acceptors (Lipinski definition) is 3. The lowest BCUT2D eigenvalue weighted by Gasteiger charge is -2.27. The summed E-state index contributed by atoms with van der Waals surface area (Å²) in [6.45, 7) is 1.89. The summed E-state index contributed by atoms with van der Waals surface area (Å²) in [6.07, 6.45) is 0. The Kier molecular flexibility index (Phi) is 3.40. The van der Waals surface area contributed by atoms with Crippen molar-refractivity contribution in [3.05, 3.63) is 86.5 Å². The maximum absolute atomic E-state index is 13.0. The van der Waals surface area contributed by atoms with Crippen molar-refractivity contribution in [2.45, 2.75) is 12.8 Å². The van der Waals surface area contributed by atoms with Crippen molar-refractivity contribution in [2.24, 2.45) is 0 Å². The van der Waals surface area contributed by atoms with Crippen molar-refractivity contribution in [3.63, 3.8) is 0 Å². The zero-order chi connectivity index (χ0) is 16.8. The minimum atomic E-state index is -0.344. The highest BCUT2D eigenvalue weighted by molar-refractivity contribution is 9.10. The zero-order valence-corrected chi connectivity index (χ0v) is 14.5. The molecule has 0 unspecified atom stereocenters. The number of carbonyl (C=O) groups is 1. The molecule has 0 spiro atoms. The molecule has 2 aliphatic rings. The van der Waals surface area contributed by atoms with Crippen LogP contribution in [0, 0.1) is 11.3 Å². The summed E-state index contributed by atoms with van der Waals surface area (Å²) < 4.78 is 0.929. The third kappa shape index (κ3) is 2.05. The number of nitrogens with one attached hydrogen (secondary N) is 1. The second-order valence-corrected chi connectivity index (χ2v) is 6.84. The van der Waals surface area contributed by atoms with Gasteiger partial charge in [0, 0.05) is 26.9 Å². The third-order valence-electron chi connectivity index (χ3n) is 4.55. The Hall–Kier alpha value is -2.64. The van der Waals surface area contributed by atoms with E-state index in [0.717, 1.165) is 27.0 Å². The topological polar surface area (TPSA) is 52.9 Å². The lowest BCUT2D eigenvalue weighted by molar-refractivity contribution is 0.103. The molecule has 1 heterocycles. The molecule has 3 nitrogen and oxygen atoms in total. The van der Waals surface area contributed by atoms with Gasteiger partial charge in [0.05, 0.1) is 23.3 Å². The molecule has 2 aromatic carbocycles. The molecule has 116 valence electrons. The number of allylic oxidation sites excluding steroid dienone is 3. The quantitative estimate of drug-likeness (QED) is 0.794. The van der Waals surface area contributed by atoms with E-state index in [1.807, 2.05) is 55.5 Å². The van der Waals surface area contributed by atoms with Crippen LogP contribution in [0.15, 0.2) is 69.8 Å². The molecule has 0 fully saturated rings. The van der Waals surface area contributed by atoms with E-state index in [0.29, 0.717) is 16.7 Å². The highest BCUT2D eigenvalue weighted by atomic mass is 79.9. The van der Waals surface area contributed by atoms with Gasteiger partial charge >= 0.3 is 0 Å². The van der Waals surface area contributed by atoms with Gasteiger partial charge in [-0.3, -0.25) is 4.79 Å². The standard InChI is InChI=1S/C20H13BrN2O/c1-11-16(10-22)17(12-5-4-6-13(21)9-12)18-19(23-11)14-7-2-3-8-15(14)20(18)24/h2-9,17,23H,1H3/t17-/m0/s1. The number of nitrogens with zero attached hydrogens (tertiary/aromatic N) is 1. The smallest absolute Gasteiger partial charge is 0.192 e. The van der Waals surface area contributed by atoms with Gasteiger partial charge in [0.15, 0.2) is 5.78 Å². The van der Waals surface area contributed by atoms with Gasteiger partial charge < -0.3 is 5.32 Å². The van der Waals surface area contributed by atoms with Crippen molar-refractivity contribution in [1.82, 2.24) is 5.32 Å². The van der Waals surface area contributed by atoms with E-state index in [4.69, 9.17) is 0 Å². The zero-order valence-electron chi connectivity index (χ0n) is 12.9. The lowest BCUT2D eigenvalue weighted by atomic mass is 9.80. The van der Waals surface area contributed by atoms with Gasteiger partial charge in [-0.2, -0.15) is 5.26 Å². The molecule has 1 atom stereocenters. The van der Waals surface area contributed by atoms with E-state index >= 15 is 0 Å². The van der Waals surface area contributed by atoms with Gasteiger partial charge in [-0.1, -0.05) is 52.3 Å². The predicted molar refractivity (Wildman–Crippen MR) is 96.0 cm³/mol. The molecule has 0 aromatic heterocycles. The van der Waals surface area contributed by atoms with Gasteiger partial charge in [-0.15, -0.1) is 0 Å². The SMILES string of the molecule is CC1=C(C#N)[C@H](c2cccc(Br)c2)C2=C(N1)c1ccccc1C2=O. The monoisotopic (exact) mass is 376 g/mol. The number of benzene rings is 2. The Labute approximate surface area is 148 Å². The molecule has 0 amide bonds. The van der Waals surface area contributed by atoms with Crippen molar-refractivity contribution in [3.8, 4) is 6.07 Å². The largest absolute Gasteiger partial charge is 0.357 e. The van der Waals surface area contributed by atoms with Crippen LogP contribution in [0.5, 0.6) is 0 Å². The highest BCUT2D eigenvalue weighted by Gasteiger charge is 2.40. The molecular formula is C20H13BrN2O. The minimum Gasteiger partial charge on any atom is -0.357 e. The lowest BCUT2D eigenvalue weighted by Crippen LogP contribution is -2.24. The summed E-state index contributed by atoms with van der Waals surface area (Å²) in [5, 5.41) is 13.0. The molecule has 2 aromatic rings. The summed E-state index contributed by atoms with van der Waals surface area (Å²) in [5.74, 6) is -0.345. The van der Waals surface area contributed by atoms with E-state index < -0.39 is 0 Å². The van der Waals surface area contributed by atoms with Crippen LogP contribution >= 0.6 is 15.9 Å². The maximum Gasteiger partial charge on any atom is 0.192 e. The first-order chi connectivity index (χ1) is 11.6. The Bertz CT molecular complexity index is 995. The average molecular weight is 377 g/mol. The molecule has 24 heavy (non-hydrogen) atoms. The highest BCUT2D eigenvalue weighted by Crippen LogP contribution is 2.46. The molecule has 1 N–H and O–H groups in total. The molecule has 1 aliphatic carbocycles. The minimum absolute atomic E-state index is 0.00155. The van der Waals surface area contributed by atoms with Gasteiger partial charge in [0.2, 0.25) is 0 Å². The van der Waals surface area contributed by atoms with E-state index in [1.165, 1.54) is 0 Å². The van der Waals surface area contributed by atoms with Crippen LogP contribution in [-0.2, 0) is 0 Å². The molecule has 0 bridgehead atoms. The second-order valence-electron chi connectivity index (χ2n) is 5.93. The molecular weight excluding hydrogens is 364 g/mol. The van der Waals surface area contributed by atoms with E-state index in [-0.39, 0.29) is 11.7 Å². The first-order valence-electron chi connectivity index (χ1n) is 7.63. The molecule has 4 rings (SSSR count). The Morgan fingerprint density at radius 2 is 1.88 bits per heavy atom. The number of rotatable bonds is 1. The van der Waals surface area contributed by atoms with Gasteiger partial charge in [-0.25, -0.2) is 0 Å². The second kappa shape index (κ2) is 5.47. The number of fused-ring (bicyclic) bond motifs is 2. The number of carbonyl (C=O) groups excluding carboxylic acids is 1. The van der Waals surface area contributed by atoms with E-state index in [9.17, 15) is 10.1 Å². The van der Waals surface area contributed by atoms with Crippen LogP contribution in [0.25, 0.3) is 5.70 Å².